The standard InChI is InChI=1S/C22H22F2N2O2/c1-25(12-14-5-8-19(23)20(24)9-14)22(28)17-11-21(27)26(13-17)18-7-6-15-3-2-4-16(15)10-18/h5-10,17H,2-4,11-13H2,1H3/t17-/m0/s1. The number of rotatable bonds is 4. The van der Waals surface area contributed by atoms with E-state index in [2.05, 4.69) is 12.1 Å². The van der Waals surface area contributed by atoms with Crippen molar-refractivity contribution in [1.82, 2.24) is 4.90 Å². The zero-order valence-electron chi connectivity index (χ0n) is 15.8. The van der Waals surface area contributed by atoms with Gasteiger partial charge in [0.05, 0.1) is 5.92 Å². The lowest BCUT2D eigenvalue weighted by Crippen LogP contribution is -2.34. The molecule has 0 bridgehead atoms. The normalized spacial score (nSPS) is 18.5. The average molecular weight is 384 g/mol. The van der Waals surface area contributed by atoms with Gasteiger partial charge < -0.3 is 9.80 Å². The molecule has 2 aromatic rings. The van der Waals surface area contributed by atoms with E-state index >= 15 is 0 Å². The van der Waals surface area contributed by atoms with Crippen LogP contribution in [0.15, 0.2) is 36.4 Å². The van der Waals surface area contributed by atoms with Gasteiger partial charge in [-0.1, -0.05) is 12.1 Å². The van der Waals surface area contributed by atoms with Gasteiger partial charge in [-0.05, 0) is 60.2 Å². The minimum atomic E-state index is -0.933. The monoisotopic (exact) mass is 384 g/mol. The summed E-state index contributed by atoms with van der Waals surface area (Å²) in [4.78, 5) is 28.5. The second-order valence-electron chi connectivity index (χ2n) is 7.65. The first-order valence-corrected chi connectivity index (χ1v) is 9.53. The van der Waals surface area contributed by atoms with Gasteiger partial charge in [-0.25, -0.2) is 8.78 Å². The number of aryl methyl sites for hydroxylation is 2. The highest BCUT2D eigenvalue weighted by molar-refractivity contribution is 6.00. The van der Waals surface area contributed by atoms with Crippen molar-refractivity contribution in [1.29, 1.82) is 0 Å². The van der Waals surface area contributed by atoms with Crippen LogP contribution in [-0.2, 0) is 29.0 Å². The third-order valence-corrected chi connectivity index (χ3v) is 5.65. The van der Waals surface area contributed by atoms with E-state index in [1.165, 1.54) is 22.1 Å². The van der Waals surface area contributed by atoms with E-state index in [-0.39, 0.29) is 24.8 Å². The molecule has 0 saturated carbocycles. The Balaban J connectivity index is 1.44. The Morgan fingerprint density at radius 3 is 2.68 bits per heavy atom. The summed E-state index contributed by atoms with van der Waals surface area (Å²) in [6, 6.07) is 9.71. The van der Waals surface area contributed by atoms with Gasteiger partial charge in [0.15, 0.2) is 11.6 Å². The highest BCUT2D eigenvalue weighted by Crippen LogP contribution is 2.31. The van der Waals surface area contributed by atoms with Gasteiger partial charge in [-0.2, -0.15) is 0 Å². The van der Waals surface area contributed by atoms with Gasteiger partial charge in [0.2, 0.25) is 11.8 Å². The molecule has 1 aliphatic heterocycles. The molecule has 146 valence electrons. The summed E-state index contributed by atoms with van der Waals surface area (Å²) in [7, 11) is 1.62. The molecular formula is C22H22F2N2O2. The Bertz CT molecular complexity index is 944. The van der Waals surface area contributed by atoms with Crippen LogP contribution in [0.4, 0.5) is 14.5 Å². The first-order chi connectivity index (χ1) is 13.4. The molecule has 0 aromatic heterocycles. The molecule has 0 spiro atoms. The van der Waals surface area contributed by atoms with E-state index in [0.29, 0.717) is 12.1 Å². The molecule has 1 fully saturated rings. The number of carbonyl (C=O) groups is 2. The minimum Gasteiger partial charge on any atom is -0.341 e. The molecule has 0 N–H and O–H groups in total. The second-order valence-corrected chi connectivity index (χ2v) is 7.65. The lowest BCUT2D eigenvalue weighted by atomic mass is 10.1. The molecule has 1 heterocycles. The van der Waals surface area contributed by atoms with E-state index in [9.17, 15) is 18.4 Å². The van der Waals surface area contributed by atoms with Crippen molar-refractivity contribution in [3.8, 4) is 0 Å². The van der Waals surface area contributed by atoms with Crippen molar-refractivity contribution in [2.24, 2.45) is 5.92 Å². The second kappa shape index (κ2) is 7.34. The molecule has 4 rings (SSSR count). The summed E-state index contributed by atoms with van der Waals surface area (Å²) in [6.07, 6.45) is 3.42. The third kappa shape index (κ3) is 3.51. The number of hydrogen-bond acceptors (Lipinski definition) is 2. The summed E-state index contributed by atoms with van der Waals surface area (Å²) in [6.45, 7) is 0.512. The molecule has 2 aliphatic rings. The molecule has 1 saturated heterocycles. The summed E-state index contributed by atoms with van der Waals surface area (Å²) >= 11 is 0. The van der Waals surface area contributed by atoms with Crippen molar-refractivity contribution in [2.45, 2.75) is 32.2 Å². The van der Waals surface area contributed by atoms with Gasteiger partial charge in [0, 0.05) is 32.2 Å². The van der Waals surface area contributed by atoms with E-state index in [1.807, 2.05) is 6.07 Å². The zero-order chi connectivity index (χ0) is 19.8. The molecule has 0 radical (unpaired) electrons. The van der Waals surface area contributed by atoms with Crippen molar-refractivity contribution in [2.75, 3.05) is 18.5 Å². The van der Waals surface area contributed by atoms with Crippen LogP contribution in [-0.4, -0.2) is 30.3 Å². The van der Waals surface area contributed by atoms with Crippen molar-refractivity contribution in [3.63, 3.8) is 0 Å². The topological polar surface area (TPSA) is 40.6 Å². The van der Waals surface area contributed by atoms with E-state index in [4.69, 9.17) is 0 Å². The smallest absolute Gasteiger partial charge is 0.228 e. The first kappa shape index (κ1) is 18.6. The third-order valence-electron chi connectivity index (χ3n) is 5.65. The van der Waals surface area contributed by atoms with Crippen LogP contribution in [0, 0.1) is 17.6 Å². The number of carbonyl (C=O) groups excluding carboxylic acids is 2. The number of benzene rings is 2. The predicted octanol–water partition coefficient (Wildman–Crippen LogP) is 3.47. The molecule has 6 heteroatoms. The van der Waals surface area contributed by atoms with E-state index in [0.717, 1.165) is 37.1 Å². The van der Waals surface area contributed by atoms with Crippen LogP contribution in [0.25, 0.3) is 0 Å². The maximum Gasteiger partial charge on any atom is 0.228 e. The Kier molecular flexibility index (Phi) is 4.87. The fourth-order valence-corrected chi connectivity index (χ4v) is 4.15. The highest BCUT2D eigenvalue weighted by Gasteiger charge is 2.36. The molecule has 28 heavy (non-hydrogen) atoms. The van der Waals surface area contributed by atoms with Crippen molar-refractivity contribution >= 4 is 17.5 Å². The Labute approximate surface area is 162 Å². The molecule has 2 aromatic carbocycles. The van der Waals surface area contributed by atoms with Crippen LogP contribution >= 0.6 is 0 Å². The predicted molar refractivity (Wildman–Crippen MR) is 102 cm³/mol. The van der Waals surface area contributed by atoms with Crippen LogP contribution < -0.4 is 4.90 Å². The number of anilines is 1. The fraction of sp³-hybridized carbons (Fsp3) is 0.364. The summed E-state index contributed by atoms with van der Waals surface area (Å²) in [5, 5.41) is 0. The number of fused-ring (bicyclic) bond motifs is 1. The fourth-order valence-electron chi connectivity index (χ4n) is 4.15. The maximum atomic E-state index is 13.4. The molecule has 1 atom stereocenters. The van der Waals surface area contributed by atoms with Gasteiger partial charge in [0.1, 0.15) is 0 Å². The van der Waals surface area contributed by atoms with Crippen LogP contribution in [0.2, 0.25) is 0 Å². The summed E-state index contributed by atoms with van der Waals surface area (Å²) in [5.41, 5.74) is 3.99. The number of halogens is 2. The summed E-state index contributed by atoms with van der Waals surface area (Å²) in [5.74, 6) is -2.50. The Hall–Kier alpha value is -2.76. The summed E-state index contributed by atoms with van der Waals surface area (Å²) < 4.78 is 26.5. The van der Waals surface area contributed by atoms with Crippen LogP contribution in [0.1, 0.15) is 29.5 Å². The van der Waals surface area contributed by atoms with E-state index < -0.39 is 17.6 Å². The van der Waals surface area contributed by atoms with Gasteiger partial charge in [-0.15, -0.1) is 0 Å². The molecule has 0 unspecified atom stereocenters. The van der Waals surface area contributed by atoms with Gasteiger partial charge in [-0.3, -0.25) is 9.59 Å². The van der Waals surface area contributed by atoms with Gasteiger partial charge >= 0.3 is 0 Å². The SMILES string of the molecule is CN(Cc1ccc(F)c(F)c1)C(=O)[C@H]1CC(=O)N(c2ccc3c(c2)CCC3)C1. The first-order valence-electron chi connectivity index (χ1n) is 9.53. The number of amides is 2. The number of hydrogen-bond donors (Lipinski definition) is 0. The quantitative estimate of drug-likeness (QED) is 0.810. The van der Waals surface area contributed by atoms with Crippen LogP contribution in [0.3, 0.4) is 0 Å². The molecule has 2 amide bonds. The number of nitrogens with zero attached hydrogens (tertiary/aromatic N) is 2. The van der Waals surface area contributed by atoms with Crippen LogP contribution in [0.5, 0.6) is 0 Å². The molecule has 1 aliphatic carbocycles. The maximum absolute atomic E-state index is 13.4. The minimum absolute atomic E-state index is 0.0578. The zero-order valence-corrected chi connectivity index (χ0v) is 15.8. The molecule has 4 nitrogen and oxygen atoms in total. The Morgan fingerprint density at radius 2 is 1.89 bits per heavy atom. The molecular weight excluding hydrogens is 362 g/mol. The largest absolute Gasteiger partial charge is 0.341 e. The van der Waals surface area contributed by atoms with Crippen molar-refractivity contribution < 1.29 is 18.4 Å². The highest BCUT2D eigenvalue weighted by atomic mass is 19.2. The van der Waals surface area contributed by atoms with Gasteiger partial charge in [0.25, 0.3) is 0 Å². The van der Waals surface area contributed by atoms with Crippen molar-refractivity contribution in [3.05, 3.63) is 64.7 Å². The average Bonchev–Trinajstić information content (AvgIpc) is 3.29. The lowest BCUT2D eigenvalue weighted by molar-refractivity contribution is -0.135. The van der Waals surface area contributed by atoms with E-state index in [1.54, 1.807) is 11.9 Å². The lowest BCUT2D eigenvalue weighted by Gasteiger charge is -2.22. The Morgan fingerprint density at radius 1 is 1.11 bits per heavy atom.